The molecule has 0 radical (unpaired) electrons. The van der Waals surface area contributed by atoms with Gasteiger partial charge in [0.1, 0.15) is 0 Å². The maximum absolute atomic E-state index is 12.3. The number of hydrogen-bond donors (Lipinski definition) is 2. The number of pyridine rings is 1. The lowest BCUT2D eigenvalue weighted by molar-refractivity contribution is 0.196. The highest BCUT2D eigenvalue weighted by molar-refractivity contribution is 7.92. The Morgan fingerprint density at radius 2 is 1.48 bits per heavy atom. The predicted octanol–water partition coefficient (Wildman–Crippen LogP) is 1.20. The third-order valence-electron chi connectivity index (χ3n) is 3.19. The molecule has 0 spiro atoms. The summed E-state index contributed by atoms with van der Waals surface area (Å²) in [6.07, 6.45) is 3.46. The van der Waals surface area contributed by atoms with Crippen molar-refractivity contribution >= 4 is 25.7 Å². The Balaban J connectivity index is 2.10. The van der Waals surface area contributed by atoms with Crippen molar-refractivity contribution in [2.24, 2.45) is 0 Å². The molecule has 0 aliphatic rings. The highest BCUT2D eigenvalue weighted by atomic mass is 32.2. The molecule has 0 amide bonds. The molecule has 0 fully saturated rings. The Bertz CT molecular complexity index is 883. The topological polar surface area (TPSA) is 114 Å². The van der Waals surface area contributed by atoms with Crippen LogP contribution < -0.4 is 9.44 Å². The van der Waals surface area contributed by atoms with Crippen LogP contribution in [-0.2, 0) is 24.8 Å². The molecule has 1 aromatic heterocycles. The molecule has 0 aliphatic carbocycles. The van der Waals surface area contributed by atoms with Crippen LogP contribution in [0.2, 0.25) is 0 Å². The second-order valence-corrected chi connectivity index (χ2v) is 8.51. The van der Waals surface area contributed by atoms with Crippen molar-refractivity contribution in [3.8, 4) is 0 Å². The molecular formula is C15H19N3O5S2. The zero-order valence-electron chi connectivity index (χ0n) is 13.5. The summed E-state index contributed by atoms with van der Waals surface area (Å²) in [5.41, 5.74) is 0.367. The Kier molecular flexibility index (Phi) is 6.48. The van der Waals surface area contributed by atoms with Gasteiger partial charge in [0.25, 0.3) is 10.0 Å². The molecule has 0 aliphatic heterocycles. The molecule has 1 aromatic carbocycles. The van der Waals surface area contributed by atoms with Gasteiger partial charge < -0.3 is 4.74 Å². The van der Waals surface area contributed by atoms with Crippen molar-refractivity contribution in [2.75, 3.05) is 25.0 Å². The van der Waals surface area contributed by atoms with Crippen molar-refractivity contribution in [3.63, 3.8) is 0 Å². The summed E-state index contributed by atoms with van der Waals surface area (Å²) in [7, 11) is -5.96. The van der Waals surface area contributed by atoms with Gasteiger partial charge in [-0.25, -0.2) is 21.6 Å². The molecule has 0 saturated heterocycles. The van der Waals surface area contributed by atoms with Crippen molar-refractivity contribution in [1.82, 2.24) is 9.71 Å². The number of rotatable bonds is 9. The van der Waals surface area contributed by atoms with E-state index in [1.807, 2.05) is 0 Å². The van der Waals surface area contributed by atoms with E-state index in [-0.39, 0.29) is 16.3 Å². The van der Waals surface area contributed by atoms with Gasteiger partial charge in [-0.1, -0.05) is 0 Å². The van der Waals surface area contributed by atoms with Gasteiger partial charge in [-0.3, -0.25) is 9.71 Å². The number of methoxy groups -OCH3 is 1. The van der Waals surface area contributed by atoms with Gasteiger partial charge in [0.05, 0.1) is 15.5 Å². The lowest BCUT2D eigenvalue weighted by Gasteiger charge is -2.09. The Morgan fingerprint density at radius 1 is 0.920 bits per heavy atom. The predicted molar refractivity (Wildman–Crippen MR) is 93.2 cm³/mol. The molecule has 25 heavy (non-hydrogen) atoms. The van der Waals surface area contributed by atoms with Crippen molar-refractivity contribution in [1.29, 1.82) is 0 Å². The number of ether oxygens (including phenoxy) is 1. The van der Waals surface area contributed by atoms with Crippen LogP contribution in [-0.4, -0.2) is 42.1 Å². The Labute approximate surface area is 147 Å². The van der Waals surface area contributed by atoms with Crippen molar-refractivity contribution < 1.29 is 21.6 Å². The molecule has 8 nitrogen and oxygen atoms in total. The van der Waals surface area contributed by atoms with Gasteiger partial charge >= 0.3 is 0 Å². The van der Waals surface area contributed by atoms with E-state index in [1.54, 1.807) is 0 Å². The van der Waals surface area contributed by atoms with E-state index >= 15 is 0 Å². The molecule has 0 unspecified atom stereocenters. The number of nitrogens with zero attached hydrogens (tertiary/aromatic N) is 1. The fourth-order valence-electron chi connectivity index (χ4n) is 1.94. The molecule has 136 valence electrons. The largest absolute Gasteiger partial charge is 0.385 e. The first-order valence-corrected chi connectivity index (χ1v) is 10.3. The number of benzene rings is 1. The normalized spacial score (nSPS) is 12.0. The fraction of sp³-hybridized carbons (Fsp3) is 0.267. The van der Waals surface area contributed by atoms with Crippen LogP contribution in [0, 0.1) is 0 Å². The maximum Gasteiger partial charge on any atom is 0.261 e. The van der Waals surface area contributed by atoms with E-state index in [1.165, 1.54) is 55.9 Å². The monoisotopic (exact) mass is 385 g/mol. The first-order valence-electron chi connectivity index (χ1n) is 7.37. The van der Waals surface area contributed by atoms with E-state index in [2.05, 4.69) is 14.4 Å². The van der Waals surface area contributed by atoms with Crippen molar-refractivity contribution in [2.45, 2.75) is 16.2 Å². The van der Waals surface area contributed by atoms with Gasteiger partial charge in [0.2, 0.25) is 10.0 Å². The second-order valence-electron chi connectivity index (χ2n) is 5.06. The third-order valence-corrected chi connectivity index (χ3v) is 6.07. The van der Waals surface area contributed by atoms with Crippen LogP contribution in [0.25, 0.3) is 0 Å². The van der Waals surface area contributed by atoms with Crippen LogP contribution in [0.5, 0.6) is 0 Å². The van der Waals surface area contributed by atoms with Gasteiger partial charge in [-0.15, -0.1) is 0 Å². The second kappa shape index (κ2) is 8.39. The van der Waals surface area contributed by atoms with E-state index in [0.717, 1.165) is 0 Å². The maximum atomic E-state index is 12.3. The minimum absolute atomic E-state index is 0.00669. The minimum Gasteiger partial charge on any atom is -0.385 e. The van der Waals surface area contributed by atoms with Gasteiger partial charge in [-0.05, 0) is 42.8 Å². The average Bonchev–Trinajstić information content (AvgIpc) is 2.59. The highest BCUT2D eigenvalue weighted by Gasteiger charge is 2.17. The zero-order valence-corrected chi connectivity index (χ0v) is 15.2. The van der Waals surface area contributed by atoms with Crippen LogP contribution in [0.15, 0.2) is 58.6 Å². The van der Waals surface area contributed by atoms with Crippen molar-refractivity contribution in [3.05, 3.63) is 48.8 Å². The number of sulfonamides is 2. The Morgan fingerprint density at radius 3 is 2.04 bits per heavy atom. The number of nitrogens with one attached hydrogen (secondary N) is 2. The van der Waals surface area contributed by atoms with E-state index in [9.17, 15) is 16.8 Å². The lowest BCUT2D eigenvalue weighted by Crippen LogP contribution is -2.25. The van der Waals surface area contributed by atoms with Gasteiger partial charge in [0, 0.05) is 32.7 Å². The number of aromatic nitrogens is 1. The Hall–Kier alpha value is -2.01. The van der Waals surface area contributed by atoms with Crippen LogP contribution in [0.1, 0.15) is 6.42 Å². The smallest absolute Gasteiger partial charge is 0.261 e. The first-order chi connectivity index (χ1) is 11.8. The quantitative estimate of drug-likeness (QED) is 0.627. The van der Waals surface area contributed by atoms with Crippen LogP contribution in [0.4, 0.5) is 5.69 Å². The SMILES string of the molecule is COCCCNS(=O)(=O)c1ccc(S(=O)(=O)Nc2ccncc2)cc1. The van der Waals surface area contributed by atoms with E-state index in [0.29, 0.717) is 18.7 Å². The van der Waals surface area contributed by atoms with Gasteiger partial charge in [-0.2, -0.15) is 0 Å². The summed E-state index contributed by atoms with van der Waals surface area (Å²) < 4.78 is 58.5. The molecule has 10 heteroatoms. The van der Waals surface area contributed by atoms with Gasteiger partial charge in [0.15, 0.2) is 0 Å². The summed E-state index contributed by atoms with van der Waals surface area (Å²) in [6.45, 7) is 0.681. The summed E-state index contributed by atoms with van der Waals surface area (Å²) in [4.78, 5) is 3.76. The van der Waals surface area contributed by atoms with E-state index < -0.39 is 20.0 Å². The minimum atomic E-state index is -3.81. The lowest BCUT2D eigenvalue weighted by atomic mass is 10.4. The molecule has 0 atom stereocenters. The summed E-state index contributed by atoms with van der Waals surface area (Å²) in [5, 5.41) is 0. The summed E-state index contributed by atoms with van der Waals surface area (Å²) in [6, 6.07) is 8.01. The first kappa shape index (κ1) is 19.3. The average molecular weight is 385 g/mol. The van der Waals surface area contributed by atoms with Crippen LogP contribution >= 0.6 is 0 Å². The highest BCUT2D eigenvalue weighted by Crippen LogP contribution is 2.17. The van der Waals surface area contributed by atoms with Crippen LogP contribution in [0.3, 0.4) is 0 Å². The third kappa shape index (κ3) is 5.49. The molecule has 0 saturated carbocycles. The number of hydrogen-bond acceptors (Lipinski definition) is 6. The summed E-state index contributed by atoms with van der Waals surface area (Å²) >= 11 is 0. The molecular weight excluding hydrogens is 366 g/mol. The standard InChI is InChI=1S/C15H19N3O5S2/c1-23-12-2-9-17-24(19,20)14-3-5-15(6-4-14)25(21,22)18-13-7-10-16-11-8-13/h3-8,10-11,17H,2,9,12H2,1H3,(H,16,18). The molecule has 2 rings (SSSR count). The molecule has 2 N–H and O–H groups in total. The number of anilines is 1. The molecule has 2 aromatic rings. The zero-order chi connectivity index (χ0) is 18.3. The summed E-state index contributed by atoms with van der Waals surface area (Å²) in [5.74, 6) is 0. The molecule has 0 bridgehead atoms. The molecule has 1 heterocycles. The van der Waals surface area contributed by atoms with E-state index in [4.69, 9.17) is 4.74 Å². The fourth-order valence-corrected chi connectivity index (χ4v) is 4.07.